The molecule has 0 unspecified atom stereocenters. The average molecular weight is 431 g/mol. The zero-order valence-corrected chi connectivity index (χ0v) is 17.9. The molecular formula is C23H30N2O4S. The van der Waals surface area contributed by atoms with Crippen molar-refractivity contribution in [1.82, 2.24) is 9.21 Å². The Morgan fingerprint density at radius 3 is 2.20 bits per heavy atom. The van der Waals surface area contributed by atoms with Crippen LogP contribution >= 0.6 is 0 Å². The zero-order chi connectivity index (χ0) is 21.2. The van der Waals surface area contributed by atoms with Gasteiger partial charge in [0.1, 0.15) is 5.60 Å². The summed E-state index contributed by atoms with van der Waals surface area (Å²) in [5, 5.41) is 21.6. The Bertz CT molecular complexity index is 930. The lowest BCUT2D eigenvalue weighted by atomic mass is 9.89. The number of β-amino-alcohol motifs (C(OH)–C–C–N with tert-alkyl or cyclic N) is 2. The van der Waals surface area contributed by atoms with Crippen molar-refractivity contribution < 1.29 is 18.6 Å². The number of aliphatic hydroxyl groups excluding tert-OH is 1. The summed E-state index contributed by atoms with van der Waals surface area (Å²) in [6, 6.07) is 18.7. The van der Waals surface area contributed by atoms with E-state index in [1.165, 1.54) is 22.0 Å². The fraction of sp³-hybridized carbons (Fsp3) is 0.478. The first-order chi connectivity index (χ1) is 14.4. The molecule has 0 spiro atoms. The third kappa shape index (κ3) is 4.60. The third-order valence-corrected chi connectivity index (χ3v) is 8.23. The van der Waals surface area contributed by atoms with Gasteiger partial charge in [-0.2, -0.15) is 4.31 Å². The predicted octanol–water partition coefficient (Wildman–Crippen LogP) is 1.74. The molecule has 162 valence electrons. The van der Waals surface area contributed by atoms with E-state index in [9.17, 15) is 18.6 Å². The van der Waals surface area contributed by atoms with E-state index in [1.54, 1.807) is 18.2 Å². The highest BCUT2D eigenvalue weighted by atomic mass is 32.2. The van der Waals surface area contributed by atoms with Gasteiger partial charge in [0.2, 0.25) is 10.0 Å². The molecule has 30 heavy (non-hydrogen) atoms. The molecule has 0 aromatic heterocycles. The maximum Gasteiger partial charge on any atom is 0.243 e. The second-order valence-electron chi connectivity index (χ2n) is 8.64. The number of sulfonamides is 1. The molecule has 2 atom stereocenters. The van der Waals surface area contributed by atoms with Gasteiger partial charge >= 0.3 is 0 Å². The molecule has 2 fully saturated rings. The van der Waals surface area contributed by atoms with Gasteiger partial charge in [-0.15, -0.1) is 0 Å². The van der Waals surface area contributed by atoms with Gasteiger partial charge in [0, 0.05) is 19.6 Å². The van der Waals surface area contributed by atoms with Gasteiger partial charge in [-0.3, -0.25) is 0 Å². The lowest BCUT2D eigenvalue weighted by molar-refractivity contribution is -0.0651. The van der Waals surface area contributed by atoms with Crippen LogP contribution in [0.4, 0.5) is 0 Å². The molecule has 2 N–H and O–H groups in total. The normalized spacial score (nSPS) is 26.8. The van der Waals surface area contributed by atoms with Crippen molar-refractivity contribution in [3.8, 4) is 0 Å². The van der Waals surface area contributed by atoms with E-state index in [4.69, 9.17) is 0 Å². The van der Waals surface area contributed by atoms with Crippen molar-refractivity contribution >= 4 is 10.0 Å². The molecule has 4 rings (SSSR count). The van der Waals surface area contributed by atoms with Gasteiger partial charge in [-0.25, -0.2) is 8.42 Å². The molecule has 0 amide bonds. The second kappa shape index (κ2) is 8.77. The van der Waals surface area contributed by atoms with E-state index in [2.05, 4.69) is 29.2 Å². The molecule has 2 heterocycles. The predicted molar refractivity (Wildman–Crippen MR) is 115 cm³/mol. The first kappa shape index (κ1) is 21.5. The Labute approximate surface area is 178 Å². The molecule has 7 heteroatoms. The Balaban J connectivity index is 1.35. The smallest absolute Gasteiger partial charge is 0.243 e. The minimum absolute atomic E-state index is 0.0851. The molecule has 6 nitrogen and oxygen atoms in total. The van der Waals surface area contributed by atoms with Gasteiger partial charge in [-0.05, 0) is 56.0 Å². The van der Waals surface area contributed by atoms with Crippen LogP contribution in [0.15, 0.2) is 65.6 Å². The van der Waals surface area contributed by atoms with Crippen LogP contribution in [0.1, 0.15) is 18.4 Å². The number of hydrogen-bond donors (Lipinski definition) is 2. The molecule has 0 aliphatic carbocycles. The number of hydrogen-bond acceptors (Lipinski definition) is 5. The van der Waals surface area contributed by atoms with E-state index in [0.717, 1.165) is 32.4 Å². The van der Waals surface area contributed by atoms with Crippen LogP contribution in [-0.2, 0) is 16.4 Å². The minimum atomic E-state index is -3.73. The first-order valence-corrected chi connectivity index (χ1v) is 12.0. The lowest BCUT2D eigenvalue weighted by Crippen LogP contribution is -2.53. The Kier molecular flexibility index (Phi) is 6.27. The van der Waals surface area contributed by atoms with Gasteiger partial charge in [0.05, 0.1) is 11.0 Å². The summed E-state index contributed by atoms with van der Waals surface area (Å²) >= 11 is 0. The SMILES string of the molecule is O=S(=O)(c1ccccc1)N1C[C@@H](O)[C@](O)(CN2CCC(Cc3ccccc3)CC2)C1. The molecule has 2 aromatic rings. The minimum Gasteiger partial charge on any atom is -0.389 e. The number of likely N-dealkylation sites (tertiary alicyclic amines) is 1. The van der Waals surface area contributed by atoms with Crippen LogP contribution in [0.5, 0.6) is 0 Å². The average Bonchev–Trinajstić information content (AvgIpc) is 3.06. The Hall–Kier alpha value is -1.77. The van der Waals surface area contributed by atoms with Crippen molar-refractivity contribution in [1.29, 1.82) is 0 Å². The maximum absolute atomic E-state index is 12.9. The zero-order valence-electron chi connectivity index (χ0n) is 17.1. The highest BCUT2D eigenvalue weighted by Crippen LogP contribution is 2.30. The van der Waals surface area contributed by atoms with Crippen LogP contribution in [-0.4, -0.2) is 72.3 Å². The van der Waals surface area contributed by atoms with Crippen molar-refractivity contribution in [2.75, 3.05) is 32.7 Å². The second-order valence-corrected chi connectivity index (χ2v) is 10.6. The summed E-state index contributed by atoms with van der Waals surface area (Å²) in [5.41, 5.74) is -0.101. The third-order valence-electron chi connectivity index (χ3n) is 6.40. The molecule has 0 saturated carbocycles. The highest BCUT2D eigenvalue weighted by molar-refractivity contribution is 7.89. The van der Waals surface area contributed by atoms with Crippen LogP contribution in [0.3, 0.4) is 0 Å². The summed E-state index contributed by atoms with van der Waals surface area (Å²) in [7, 11) is -3.73. The van der Waals surface area contributed by atoms with Crippen LogP contribution in [0.25, 0.3) is 0 Å². The summed E-state index contributed by atoms with van der Waals surface area (Å²) in [4.78, 5) is 2.34. The van der Waals surface area contributed by atoms with Gasteiger partial charge < -0.3 is 15.1 Å². The van der Waals surface area contributed by atoms with Crippen molar-refractivity contribution in [2.45, 2.75) is 35.9 Å². The van der Waals surface area contributed by atoms with E-state index < -0.39 is 21.7 Å². The summed E-state index contributed by atoms with van der Waals surface area (Å²) < 4.78 is 26.9. The van der Waals surface area contributed by atoms with Gasteiger partial charge in [0.25, 0.3) is 0 Å². The fourth-order valence-corrected chi connectivity index (χ4v) is 6.13. The van der Waals surface area contributed by atoms with E-state index in [0.29, 0.717) is 5.92 Å². The topological polar surface area (TPSA) is 81.1 Å². The molecule has 2 aromatic carbocycles. The van der Waals surface area contributed by atoms with Crippen molar-refractivity contribution in [2.24, 2.45) is 5.92 Å². The number of aliphatic hydroxyl groups is 2. The molecule has 0 radical (unpaired) electrons. The van der Waals surface area contributed by atoms with Crippen LogP contribution in [0, 0.1) is 5.92 Å². The Morgan fingerprint density at radius 2 is 1.57 bits per heavy atom. The van der Waals surface area contributed by atoms with E-state index >= 15 is 0 Å². The number of piperidine rings is 1. The fourth-order valence-electron chi connectivity index (χ4n) is 4.60. The maximum atomic E-state index is 12.9. The van der Waals surface area contributed by atoms with Crippen LogP contribution < -0.4 is 0 Å². The lowest BCUT2D eigenvalue weighted by Gasteiger charge is -2.37. The molecule has 2 saturated heterocycles. The van der Waals surface area contributed by atoms with Crippen LogP contribution in [0.2, 0.25) is 0 Å². The summed E-state index contributed by atoms with van der Waals surface area (Å²) in [5.74, 6) is 0.613. The quantitative estimate of drug-likeness (QED) is 0.730. The molecule has 0 bridgehead atoms. The monoisotopic (exact) mass is 430 g/mol. The molecular weight excluding hydrogens is 400 g/mol. The summed E-state index contributed by atoms with van der Waals surface area (Å²) in [6.07, 6.45) is 2.03. The number of benzene rings is 2. The number of nitrogens with zero attached hydrogens (tertiary/aromatic N) is 2. The largest absolute Gasteiger partial charge is 0.389 e. The summed E-state index contributed by atoms with van der Waals surface area (Å²) in [6.45, 7) is 1.80. The molecule has 2 aliphatic rings. The Morgan fingerprint density at radius 1 is 0.967 bits per heavy atom. The highest BCUT2D eigenvalue weighted by Gasteiger charge is 2.49. The van der Waals surface area contributed by atoms with E-state index in [1.807, 2.05) is 6.07 Å². The van der Waals surface area contributed by atoms with E-state index in [-0.39, 0.29) is 24.5 Å². The van der Waals surface area contributed by atoms with Crippen molar-refractivity contribution in [3.63, 3.8) is 0 Å². The molecule has 2 aliphatic heterocycles. The van der Waals surface area contributed by atoms with Gasteiger partial charge in [0.15, 0.2) is 0 Å². The number of rotatable bonds is 6. The van der Waals surface area contributed by atoms with Crippen molar-refractivity contribution in [3.05, 3.63) is 66.2 Å². The first-order valence-electron chi connectivity index (χ1n) is 10.6. The standard InChI is InChI=1S/C23H30N2O4S/c26-22-16-25(30(28,29)21-9-5-2-6-10-21)18-23(22,27)17-24-13-11-20(12-14-24)15-19-7-3-1-4-8-19/h1-10,20,22,26-27H,11-18H2/t22-,23+/m1/s1. The van der Waals surface area contributed by atoms with Gasteiger partial charge in [-0.1, -0.05) is 48.5 Å².